The van der Waals surface area contributed by atoms with E-state index in [9.17, 15) is 9.90 Å². The zero-order valence-corrected chi connectivity index (χ0v) is 20.2. The number of hydrogen-bond acceptors (Lipinski definition) is 4. The van der Waals surface area contributed by atoms with Crippen molar-refractivity contribution < 1.29 is 14.6 Å². The van der Waals surface area contributed by atoms with Gasteiger partial charge in [-0.2, -0.15) is 0 Å². The summed E-state index contributed by atoms with van der Waals surface area (Å²) in [5, 5.41) is 10.1. The molecule has 0 saturated carbocycles. The summed E-state index contributed by atoms with van der Waals surface area (Å²) in [5.41, 5.74) is 8.15. The number of unbranched alkanes of at least 4 members (excludes halogenated alkanes) is 9. The predicted octanol–water partition coefficient (Wildman–Crippen LogP) is 7.26. The van der Waals surface area contributed by atoms with Crippen molar-refractivity contribution >= 4 is 11.5 Å². The topological polar surface area (TPSA) is 72.5 Å². The first-order valence-corrected chi connectivity index (χ1v) is 12.6. The summed E-state index contributed by atoms with van der Waals surface area (Å²) >= 11 is 0. The second-order valence-corrected chi connectivity index (χ2v) is 8.76. The number of ketones is 1. The Morgan fingerprint density at radius 3 is 2.06 bits per heavy atom. The Morgan fingerprint density at radius 1 is 0.879 bits per heavy atom. The number of allylic oxidation sites excluding steroid dienone is 1. The number of anilines is 1. The standard InChI is InChI=1S/C29H41NO3/c1-2-3-4-5-6-7-8-9-10-11-13-24-16-22-27(23-17-24)33-29(32)15-12-14-28(31)25-18-20-26(30)21-19-25/h12,15-23,29,32H,2-11,13-14,30H2,1H3. The van der Waals surface area contributed by atoms with Gasteiger partial charge in [0.2, 0.25) is 6.29 Å². The largest absolute Gasteiger partial charge is 0.461 e. The van der Waals surface area contributed by atoms with E-state index < -0.39 is 6.29 Å². The molecule has 4 nitrogen and oxygen atoms in total. The lowest BCUT2D eigenvalue weighted by molar-refractivity contribution is 0.0246. The maximum Gasteiger partial charge on any atom is 0.217 e. The smallest absolute Gasteiger partial charge is 0.217 e. The molecule has 33 heavy (non-hydrogen) atoms. The third kappa shape index (κ3) is 11.7. The fourth-order valence-electron chi connectivity index (χ4n) is 3.81. The van der Waals surface area contributed by atoms with Gasteiger partial charge in [-0.3, -0.25) is 4.79 Å². The summed E-state index contributed by atoms with van der Waals surface area (Å²) in [4.78, 5) is 12.1. The summed E-state index contributed by atoms with van der Waals surface area (Å²) < 4.78 is 5.52. The number of aliphatic hydroxyl groups excluding tert-OH is 1. The van der Waals surface area contributed by atoms with Crippen LogP contribution >= 0.6 is 0 Å². The minimum atomic E-state index is -1.09. The molecule has 0 fully saturated rings. The van der Waals surface area contributed by atoms with Crippen molar-refractivity contribution in [3.8, 4) is 5.75 Å². The van der Waals surface area contributed by atoms with Crippen LogP contribution in [0.15, 0.2) is 60.7 Å². The van der Waals surface area contributed by atoms with Crippen LogP contribution in [0.2, 0.25) is 0 Å². The molecule has 180 valence electrons. The first kappa shape index (κ1) is 26.7. The fourth-order valence-corrected chi connectivity index (χ4v) is 3.81. The van der Waals surface area contributed by atoms with E-state index in [1.807, 2.05) is 12.1 Å². The van der Waals surface area contributed by atoms with Gasteiger partial charge in [0.05, 0.1) is 0 Å². The van der Waals surface area contributed by atoms with E-state index in [0.29, 0.717) is 17.0 Å². The number of benzene rings is 2. The molecule has 0 aliphatic carbocycles. The highest BCUT2D eigenvalue weighted by Gasteiger charge is 2.05. The van der Waals surface area contributed by atoms with Crippen LogP contribution in [-0.4, -0.2) is 17.2 Å². The Kier molecular flexibility index (Phi) is 13.0. The molecule has 0 bridgehead atoms. The zero-order valence-electron chi connectivity index (χ0n) is 20.2. The SMILES string of the molecule is CCCCCCCCCCCCc1ccc(OC(O)C=CCC(=O)c2ccc(N)cc2)cc1. The Bertz CT molecular complexity index is 812. The minimum Gasteiger partial charge on any atom is -0.461 e. The molecule has 2 rings (SSSR count). The lowest BCUT2D eigenvalue weighted by Crippen LogP contribution is -2.12. The molecular formula is C29H41NO3. The summed E-state index contributed by atoms with van der Waals surface area (Å²) in [6, 6.07) is 14.7. The van der Waals surface area contributed by atoms with Gasteiger partial charge in [0, 0.05) is 17.7 Å². The lowest BCUT2D eigenvalue weighted by atomic mass is 10.0. The van der Waals surface area contributed by atoms with E-state index in [2.05, 4.69) is 19.1 Å². The van der Waals surface area contributed by atoms with Crippen molar-refractivity contribution in [3.05, 3.63) is 71.8 Å². The summed E-state index contributed by atoms with van der Waals surface area (Å²) in [7, 11) is 0. The Balaban J connectivity index is 1.58. The molecule has 0 radical (unpaired) electrons. The van der Waals surface area contributed by atoms with Gasteiger partial charge in [-0.25, -0.2) is 0 Å². The highest BCUT2D eigenvalue weighted by atomic mass is 16.6. The van der Waals surface area contributed by atoms with E-state index in [4.69, 9.17) is 10.5 Å². The minimum absolute atomic E-state index is 0.0326. The maximum atomic E-state index is 12.1. The number of carbonyl (C=O) groups is 1. The molecule has 0 amide bonds. The van der Waals surface area contributed by atoms with E-state index >= 15 is 0 Å². The molecule has 0 heterocycles. The van der Waals surface area contributed by atoms with Crippen molar-refractivity contribution in [1.82, 2.24) is 0 Å². The number of aryl methyl sites for hydroxylation is 1. The van der Waals surface area contributed by atoms with Crippen molar-refractivity contribution in [2.24, 2.45) is 0 Å². The predicted molar refractivity (Wildman–Crippen MR) is 138 cm³/mol. The van der Waals surface area contributed by atoms with Crippen molar-refractivity contribution in [3.63, 3.8) is 0 Å². The molecule has 2 aromatic rings. The fraction of sp³-hybridized carbons (Fsp3) is 0.483. The van der Waals surface area contributed by atoms with Crippen molar-refractivity contribution in [1.29, 1.82) is 0 Å². The first-order valence-electron chi connectivity index (χ1n) is 12.6. The van der Waals surface area contributed by atoms with Gasteiger partial charge in [0.1, 0.15) is 5.75 Å². The molecule has 1 atom stereocenters. The molecule has 0 aliphatic rings. The van der Waals surface area contributed by atoms with Crippen LogP contribution in [0.3, 0.4) is 0 Å². The number of nitrogens with two attached hydrogens (primary N) is 1. The van der Waals surface area contributed by atoms with E-state index in [1.54, 1.807) is 30.3 Å². The summed E-state index contributed by atoms with van der Waals surface area (Å²) in [6.45, 7) is 2.26. The molecule has 2 aromatic carbocycles. The third-order valence-corrected chi connectivity index (χ3v) is 5.84. The van der Waals surface area contributed by atoms with Crippen LogP contribution in [0.5, 0.6) is 5.75 Å². The third-order valence-electron chi connectivity index (χ3n) is 5.84. The monoisotopic (exact) mass is 451 g/mol. The van der Waals surface area contributed by atoms with Gasteiger partial charge >= 0.3 is 0 Å². The van der Waals surface area contributed by atoms with Crippen LogP contribution in [0.1, 0.15) is 93.5 Å². The van der Waals surface area contributed by atoms with Crippen LogP contribution in [0, 0.1) is 0 Å². The number of Topliss-reactive ketones (excluding diaryl/α,β-unsaturated/α-hetero) is 1. The molecule has 4 heteroatoms. The van der Waals surface area contributed by atoms with Crippen molar-refractivity contribution in [2.75, 3.05) is 5.73 Å². The quantitative estimate of drug-likeness (QED) is 0.0873. The number of rotatable bonds is 17. The highest BCUT2D eigenvalue weighted by molar-refractivity contribution is 5.97. The average molecular weight is 452 g/mol. The van der Waals surface area contributed by atoms with Gasteiger partial charge < -0.3 is 15.6 Å². The second-order valence-electron chi connectivity index (χ2n) is 8.76. The van der Waals surface area contributed by atoms with Crippen LogP contribution in [0.4, 0.5) is 5.69 Å². The van der Waals surface area contributed by atoms with Crippen LogP contribution in [0.25, 0.3) is 0 Å². The number of hydrogen-bond donors (Lipinski definition) is 2. The average Bonchev–Trinajstić information content (AvgIpc) is 2.81. The molecule has 0 spiro atoms. The van der Waals surface area contributed by atoms with E-state index in [1.165, 1.54) is 75.8 Å². The Morgan fingerprint density at radius 2 is 1.45 bits per heavy atom. The summed E-state index contributed by atoms with van der Waals surface area (Å²) in [6.07, 6.45) is 16.7. The zero-order chi connectivity index (χ0) is 23.7. The Hall–Kier alpha value is -2.59. The van der Waals surface area contributed by atoms with Crippen LogP contribution in [-0.2, 0) is 6.42 Å². The van der Waals surface area contributed by atoms with E-state index in [0.717, 1.165) is 6.42 Å². The highest BCUT2D eigenvalue weighted by Crippen LogP contribution is 2.17. The number of carbonyl (C=O) groups excluding carboxylic acids is 1. The van der Waals surface area contributed by atoms with Gasteiger partial charge in [-0.05, 0) is 60.9 Å². The molecule has 0 aliphatic heterocycles. The first-order chi connectivity index (χ1) is 16.1. The van der Waals surface area contributed by atoms with Crippen molar-refractivity contribution in [2.45, 2.75) is 90.3 Å². The number of nitrogen functional groups attached to an aromatic ring is 1. The number of aliphatic hydroxyl groups is 1. The molecular weight excluding hydrogens is 410 g/mol. The molecule has 3 N–H and O–H groups in total. The van der Waals surface area contributed by atoms with Crippen LogP contribution < -0.4 is 10.5 Å². The molecule has 1 unspecified atom stereocenters. The van der Waals surface area contributed by atoms with Gasteiger partial charge in [-0.1, -0.05) is 82.9 Å². The number of ether oxygens (including phenoxy) is 1. The molecule has 0 saturated heterocycles. The maximum absolute atomic E-state index is 12.1. The van der Waals surface area contributed by atoms with Gasteiger partial charge in [0.25, 0.3) is 0 Å². The van der Waals surface area contributed by atoms with Gasteiger partial charge in [0.15, 0.2) is 5.78 Å². The normalized spacial score (nSPS) is 12.2. The Labute approximate surface area is 199 Å². The van der Waals surface area contributed by atoms with Gasteiger partial charge in [-0.15, -0.1) is 0 Å². The molecule has 0 aromatic heterocycles. The lowest BCUT2D eigenvalue weighted by Gasteiger charge is -2.10. The van der Waals surface area contributed by atoms with E-state index in [-0.39, 0.29) is 12.2 Å². The second kappa shape index (κ2) is 16.1. The summed E-state index contributed by atoms with van der Waals surface area (Å²) in [5.74, 6) is 0.582.